The number of nitrogens with one attached hydrogen (secondary N) is 1. The van der Waals surface area contributed by atoms with Crippen molar-refractivity contribution in [3.63, 3.8) is 0 Å². The van der Waals surface area contributed by atoms with Crippen LogP contribution in [0.2, 0.25) is 0 Å². The number of anilines is 2. The van der Waals surface area contributed by atoms with Gasteiger partial charge in [-0.2, -0.15) is 5.01 Å². The number of hydrogen-bond donors (Lipinski definition) is 4. The molecule has 6 atom stereocenters. The predicted octanol–water partition coefficient (Wildman–Crippen LogP) is 3.71. The minimum absolute atomic E-state index is 0.0212. The number of benzene rings is 4. The van der Waals surface area contributed by atoms with Crippen LogP contribution < -0.4 is 15.8 Å². The van der Waals surface area contributed by atoms with Crippen LogP contribution in [-0.2, 0) is 24.6 Å². The fourth-order valence-corrected chi connectivity index (χ4v) is 8.94. The predicted molar refractivity (Wildman–Crippen MR) is 186 cm³/mol. The average molecular weight is 686 g/mol. The Kier molecular flexibility index (Phi) is 7.69. The van der Waals surface area contributed by atoms with Gasteiger partial charge in [0.05, 0.1) is 34.5 Å². The van der Waals surface area contributed by atoms with E-state index in [4.69, 9.17) is 0 Å². The molecule has 4 aliphatic rings. The molecule has 0 bridgehead atoms. The summed E-state index contributed by atoms with van der Waals surface area (Å²) in [5, 5.41) is 31.9. The molecule has 1 saturated carbocycles. The summed E-state index contributed by atoms with van der Waals surface area (Å²) >= 11 is 0. The number of phenolic OH excluding ortho intramolecular Hbond substituents is 1. The number of amides is 4. The van der Waals surface area contributed by atoms with Crippen LogP contribution in [0.15, 0.2) is 109 Å². The second-order valence-corrected chi connectivity index (χ2v) is 13.7. The van der Waals surface area contributed by atoms with Crippen LogP contribution in [0.5, 0.6) is 5.75 Å². The normalized spacial score (nSPS) is 26.8. The highest BCUT2D eigenvalue weighted by Crippen LogP contribution is 2.65. The van der Waals surface area contributed by atoms with Gasteiger partial charge in [0.25, 0.3) is 11.8 Å². The molecule has 4 aromatic rings. The third-order valence-electron chi connectivity index (χ3n) is 11.1. The highest BCUT2D eigenvalue weighted by atomic mass is 19.1. The molecular weight excluding hydrogens is 652 g/mol. The van der Waals surface area contributed by atoms with E-state index < -0.39 is 77.3 Å². The van der Waals surface area contributed by atoms with E-state index in [2.05, 4.69) is 5.43 Å². The molecule has 4 N–H and O–H groups in total. The van der Waals surface area contributed by atoms with Crippen molar-refractivity contribution in [3.8, 4) is 5.75 Å². The number of nitrogens with zero attached hydrogens (tertiary/aromatic N) is 2. The molecular formula is C39H33BFN3O7. The maximum absolute atomic E-state index is 15.3. The van der Waals surface area contributed by atoms with Gasteiger partial charge in [-0.3, -0.25) is 29.5 Å². The van der Waals surface area contributed by atoms with Crippen molar-refractivity contribution in [2.45, 2.75) is 31.1 Å². The molecule has 2 saturated heterocycles. The van der Waals surface area contributed by atoms with Gasteiger partial charge in [0.2, 0.25) is 11.8 Å². The number of phenols is 1. The van der Waals surface area contributed by atoms with Crippen molar-refractivity contribution < 1.29 is 38.7 Å². The number of para-hydroxylation sites is 1. The number of aromatic hydroxyl groups is 1. The highest BCUT2D eigenvalue weighted by Gasteiger charge is 2.70. The summed E-state index contributed by atoms with van der Waals surface area (Å²) in [5.41, 5.74) is 4.26. The molecule has 8 rings (SSSR count). The first-order valence-corrected chi connectivity index (χ1v) is 16.8. The van der Waals surface area contributed by atoms with Gasteiger partial charge in [-0.1, -0.05) is 83.9 Å². The van der Waals surface area contributed by atoms with Crippen molar-refractivity contribution in [1.29, 1.82) is 0 Å². The van der Waals surface area contributed by atoms with Crippen molar-refractivity contribution in [3.05, 3.63) is 131 Å². The number of aryl methyl sites for hydroxylation is 1. The Bertz CT molecular complexity index is 2140. The molecule has 51 heavy (non-hydrogen) atoms. The lowest BCUT2D eigenvalue weighted by atomic mass is 9.49. The molecule has 0 radical (unpaired) electrons. The number of carbonyl (C=O) groups excluding carboxylic acids is 4. The fourth-order valence-electron chi connectivity index (χ4n) is 8.94. The Balaban J connectivity index is 1.31. The Morgan fingerprint density at radius 2 is 1.57 bits per heavy atom. The Labute approximate surface area is 292 Å². The topological polar surface area (TPSA) is 147 Å². The Hall–Kier alpha value is -5.59. The van der Waals surface area contributed by atoms with Crippen LogP contribution in [-0.4, -0.2) is 50.9 Å². The van der Waals surface area contributed by atoms with Gasteiger partial charge in [0, 0.05) is 11.5 Å². The van der Waals surface area contributed by atoms with E-state index in [1.165, 1.54) is 36.4 Å². The molecule has 0 unspecified atom stereocenters. The summed E-state index contributed by atoms with van der Waals surface area (Å²) in [5.74, 6) is -8.34. The van der Waals surface area contributed by atoms with Crippen LogP contribution >= 0.6 is 0 Å². The van der Waals surface area contributed by atoms with Crippen molar-refractivity contribution in [2.75, 3.05) is 10.3 Å². The van der Waals surface area contributed by atoms with Gasteiger partial charge in [-0.25, -0.2) is 4.39 Å². The SMILES string of the molecule is Cc1ccc(NN2C(=O)[C@@H]3C[C@@H]4C(=CC[C@@H]5C(=O)N(c6cccc(B(O)O)c6)C(=O)[C@@H]54)[C@H](c4cccc(F)c4O)[C@]3(c3ccccc3)C2=O)cc1. The number of hydrogen-bond acceptors (Lipinski definition) is 8. The zero-order valence-electron chi connectivity index (χ0n) is 27.4. The smallest absolute Gasteiger partial charge is 0.488 e. The van der Waals surface area contributed by atoms with Gasteiger partial charge in [0.15, 0.2) is 11.6 Å². The molecule has 0 spiro atoms. The van der Waals surface area contributed by atoms with Crippen molar-refractivity contribution in [1.82, 2.24) is 5.01 Å². The van der Waals surface area contributed by atoms with Crippen molar-refractivity contribution >= 4 is 47.6 Å². The molecule has 0 aromatic heterocycles. The minimum atomic E-state index is -1.82. The van der Waals surface area contributed by atoms with E-state index in [1.54, 1.807) is 42.5 Å². The summed E-state index contributed by atoms with van der Waals surface area (Å²) in [6, 6.07) is 25.9. The van der Waals surface area contributed by atoms with Gasteiger partial charge in [-0.15, -0.1) is 0 Å². The number of fused-ring (bicyclic) bond motifs is 4. The summed E-state index contributed by atoms with van der Waals surface area (Å²) in [6.45, 7) is 1.91. The van der Waals surface area contributed by atoms with Crippen LogP contribution in [0.4, 0.5) is 15.8 Å². The molecule has 4 aromatic carbocycles. The van der Waals surface area contributed by atoms with Crippen LogP contribution in [0.1, 0.15) is 35.4 Å². The maximum atomic E-state index is 15.3. The van der Waals surface area contributed by atoms with E-state index in [9.17, 15) is 29.5 Å². The van der Waals surface area contributed by atoms with Gasteiger partial charge < -0.3 is 15.2 Å². The number of imide groups is 2. The second-order valence-electron chi connectivity index (χ2n) is 13.7. The van der Waals surface area contributed by atoms with Crippen LogP contribution in [0.3, 0.4) is 0 Å². The van der Waals surface area contributed by atoms with E-state index in [0.717, 1.165) is 21.5 Å². The van der Waals surface area contributed by atoms with E-state index in [0.29, 0.717) is 16.8 Å². The Morgan fingerprint density at radius 1 is 0.843 bits per heavy atom. The summed E-state index contributed by atoms with van der Waals surface area (Å²) in [4.78, 5) is 59.3. The lowest BCUT2D eigenvalue weighted by Gasteiger charge is -2.50. The molecule has 2 aliphatic heterocycles. The molecule has 2 aliphatic carbocycles. The summed E-state index contributed by atoms with van der Waals surface area (Å²) in [7, 11) is -1.82. The molecule has 12 heteroatoms. The van der Waals surface area contributed by atoms with E-state index >= 15 is 9.18 Å². The van der Waals surface area contributed by atoms with E-state index in [-0.39, 0.29) is 29.6 Å². The maximum Gasteiger partial charge on any atom is 0.488 e. The first-order chi connectivity index (χ1) is 24.5. The van der Waals surface area contributed by atoms with Gasteiger partial charge >= 0.3 is 7.12 Å². The largest absolute Gasteiger partial charge is 0.505 e. The number of carbonyl (C=O) groups is 4. The molecule has 4 amide bonds. The second kappa shape index (κ2) is 12.0. The van der Waals surface area contributed by atoms with Gasteiger partial charge in [-0.05, 0) is 67.0 Å². The summed E-state index contributed by atoms with van der Waals surface area (Å²) in [6.07, 6.45) is 1.96. The molecule has 2 heterocycles. The lowest BCUT2D eigenvalue weighted by molar-refractivity contribution is -0.138. The molecule has 256 valence electrons. The zero-order valence-corrected chi connectivity index (χ0v) is 27.4. The van der Waals surface area contributed by atoms with Crippen LogP contribution in [0, 0.1) is 36.4 Å². The highest BCUT2D eigenvalue weighted by molar-refractivity contribution is 6.58. The van der Waals surface area contributed by atoms with E-state index in [1.807, 2.05) is 25.1 Å². The number of rotatable bonds is 6. The molecule has 3 fully saturated rings. The number of hydrazine groups is 1. The standard InChI is InChI=1S/C39H33BFN3O7/c1-21-13-15-24(16-14-21)42-44-36(47)30-20-29-26(17-18-27-32(29)37(48)43(35(27)46)25-10-5-9-23(19-25)40(50)51)33(28-11-6-12-31(41)34(28)45)39(30,38(44)49)22-7-3-2-4-8-22/h2-17,19,27,29-30,32-33,42,45,50-51H,18,20H2,1H3/t27-,29+,30-,32-,33+,39+/m0/s1. The fraction of sp³-hybridized carbons (Fsp3) is 0.231. The number of halogens is 1. The third kappa shape index (κ3) is 4.77. The monoisotopic (exact) mass is 685 g/mol. The minimum Gasteiger partial charge on any atom is -0.505 e. The van der Waals surface area contributed by atoms with Gasteiger partial charge in [0.1, 0.15) is 0 Å². The summed E-state index contributed by atoms with van der Waals surface area (Å²) < 4.78 is 15.3. The quantitative estimate of drug-likeness (QED) is 0.137. The van der Waals surface area contributed by atoms with Crippen molar-refractivity contribution in [2.24, 2.45) is 23.7 Å². The lowest BCUT2D eigenvalue weighted by Crippen LogP contribution is -2.53. The first kappa shape index (κ1) is 32.6. The zero-order chi connectivity index (χ0) is 35.8. The molecule has 10 nitrogen and oxygen atoms in total. The Morgan fingerprint density at radius 3 is 2.29 bits per heavy atom. The third-order valence-corrected chi connectivity index (χ3v) is 11.1. The van der Waals surface area contributed by atoms with Crippen LogP contribution in [0.25, 0.3) is 0 Å². The first-order valence-electron chi connectivity index (χ1n) is 16.8. The number of allylic oxidation sites excluding steroid dienone is 2. The average Bonchev–Trinajstić information content (AvgIpc) is 3.51.